The highest BCUT2D eigenvalue weighted by Crippen LogP contribution is 2.39. The smallest absolute Gasteiger partial charge is 0.318 e. The summed E-state index contributed by atoms with van der Waals surface area (Å²) in [6.45, 7) is 0.781. The summed E-state index contributed by atoms with van der Waals surface area (Å²) < 4.78 is 20.1. The van der Waals surface area contributed by atoms with Gasteiger partial charge in [0.1, 0.15) is 17.6 Å². The van der Waals surface area contributed by atoms with Gasteiger partial charge in [-0.1, -0.05) is 36.4 Å². The molecule has 29 heavy (non-hydrogen) atoms. The van der Waals surface area contributed by atoms with E-state index in [0.29, 0.717) is 24.3 Å². The Hall–Kier alpha value is -3.54. The number of carbonyl (C=O) groups is 1. The minimum Gasteiger partial charge on any atom is -0.467 e. The lowest BCUT2D eigenvalue weighted by molar-refractivity contribution is 0.177. The summed E-state index contributed by atoms with van der Waals surface area (Å²) in [6.07, 6.45) is 2.28. The van der Waals surface area contributed by atoms with Crippen LogP contribution in [0.25, 0.3) is 10.9 Å². The van der Waals surface area contributed by atoms with Gasteiger partial charge < -0.3 is 19.6 Å². The molecule has 6 heteroatoms. The molecular formula is C23H20FN3O2. The molecule has 0 saturated heterocycles. The lowest BCUT2D eigenvalue weighted by atomic mass is 9.92. The van der Waals surface area contributed by atoms with Crippen molar-refractivity contribution in [3.8, 4) is 0 Å². The Labute approximate surface area is 167 Å². The highest BCUT2D eigenvalue weighted by Gasteiger charge is 2.35. The van der Waals surface area contributed by atoms with E-state index < -0.39 is 6.04 Å². The first-order valence-electron chi connectivity index (χ1n) is 9.63. The van der Waals surface area contributed by atoms with E-state index in [1.54, 1.807) is 41.5 Å². The molecule has 0 bridgehead atoms. The summed E-state index contributed by atoms with van der Waals surface area (Å²) in [6, 6.07) is 17.5. The number of nitrogens with zero attached hydrogens (tertiary/aromatic N) is 1. The highest BCUT2D eigenvalue weighted by molar-refractivity contribution is 5.86. The van der Waals surface area contributed by atoms with Gasteiger partial charge in [-0.25, -0.2) is 9.18 Å². The number of furan rings is 1. The van der Waals surface area contributed by atoms with Crippen molar-refractivity contribution in [1.29, 1.82) is 0 Å². The highest BCUT2D eigenvalue weighted by atomic mass is 19.1. The number of rotatable bonds is 3. The number of carbonyl (C=O) groups excluding carboxylic acids is 1. The molecule has 2 N–H and O–H groups in total. The number of benzene rings is 2. The van der Waals surface area contributed by atoms with Gasteiger partial charge >= 0.3 is 6.03 Å². The van der Waals surface area contributed by atoms with Crippen LogP contribution in [-0.2, 0) is 13.0 Å². The van der Waals surface area contributed by atoms with Crippen molar-refractivity contribution in [2.45, 2.75) is 19.0 Å². The predicted molar refractivity (Wildman–Crippen MR) is 108 cm³/mol. The first-order valence-corrected chi connectivity index (χ1v) is 9.63. The van der Waals surface area contributed by atoms with Crippen molar-refractivity contribution in [1.82, 2.24) is 15.2 Å². The Morgan fingerprint density at radius 2 is 1.97 bits per heavy atom. The second kappa shape index (κ2) is 7.13. The molecule has 0 radical (unpaired) electrons. The largest absolute Gasteiger partial charge is 0.467 e. The van der Waals surface area contributed by atoms with Gasteiger partial charge in [0.2, 0.25) is 0 Å². The maximum Gasteiger partial charge on any atom is 0.318 e. The van der Waals surface area contributed by atoms with E-state index in [2.05, 4.69) is 16.4 Å². The molecule has 5 nitrogen and oxygen atoms in total. The number of urea groups is 1. The fraction of sp³-hybridized carbons (Fsp3) is 0.174. The number of halogens is 1. The second-order valence-electron chi connectivity index (χ2n) is 7.17. The fourth-order valence-electron chi connectivity index (χ4n) is 4.16. The first-order chi connectivity index (χ1) is 14.2. The van der Waals surface area contributed by atoms with Gasteiger partial charge in [-0.15, -0.1) is 0 Å². The van der Waals surface area contributed by atoms with Crippen molar-refractivity contribution in [2.75, 3.05) is 6.54 Å². The molecule has 2 aromatic heterocycles. The summed E-state index contributed by atoms with van der Waals surface area (Å²) in [5.74, 6) is 0.344. The van der Waals surface area contributed by atoms with E-state index in [1.807, 2.05) is 18.2 Å². The summed E-state index contributed by atoms with van der Waals surface area (Å²) in [4.78, 5) is 18.2. The minimum absolute atomic E-state index is 0.251. The molecule has 3 heterocycles. The minimum atomic E-state index is -0.524. The monoisotopic (exact) mass is 389 g/mol. The third-order valence-corrected chi connectivity index (χ3v) is 5.49. The normalized spacial score (nSPS) is 16.0. The maximum absolute atomic E-state index is 14.8. The molecule has 0 aliphatic carbocycles. The molecule has 1 unspecified atom stereocenters. The number of nitrogens with one attached hydrogen (secondary N) is 2. The van der Waals surface area contributed by atoms with E-state index in [-0.39, 0.29) is 18.4 Å². The number of H-pyrrole nitrogens is 1. The van der Waals surface area contributed by atoms with Gasteiger partial charge in [0.15, 0.2) is 0 Å². The quantitative estimate of drug-likeness (QED) is 0.531. The zero-order valence-electron chi connectivity index (χ0n) is 15.7. The summed E-state index contributed by atoms with van der Waals surface area (Å²) in [5, 5.41) is 4.02. The Balaban J connectivity index is 1.56. The maximum atomic E-state index is 14.8. The lowest BCUT2D eigenvalue weighted by Gasteiger charge is -2.36. The van der Waals surface area contributed by atoms with E-state index in [0.717, 1.165) is 22.2 Å². The Kier molecular flexibility index (Phi) is 4.31. The van der Waals surface area contributed by atoms with Gasteiger partial charge in [-0.2, -0.15) is 0 Å². The zero-order valence-corrected chi connectivity index (χ0v) is 15.7. The Morgan fingerprint density at radius 1 is 1.14 bits per heavy atom. The van der Waals surface area contributed by atoms with Gasteiger partial charge in [0, 0.05) is 28.7 Å². The number of hydrogen-bond donors (Lipinski definition) is 2. The van der Waals surface area contributed by atoms with Crippen LogP contribution in [0.3, 0.4) is 0 Å². The molecule has 0 saturated carbocycles. The molecule has 146 valence electrons. The van der Waals surface area contributed by atoms with Crippen LogP contribution in [-0.4, -0.2) is 22.5 Å². The average Bonchev–Trinajstić information content (AvgIpc) is 3.39. The SMILES string of the molecule is O=C(NCc1ccco1)N1CCc2c([nH]c3ccccc23)C1c1ccccc1F. The topological polar surface area (TPSA) is 61.3 Å². The predicted octanol–water partition coefficient (Wildman–Crippen LogP) is 4.76. The molecule has 0 fully saturated rings. The second-order valence-corrected chi connectivity index (χ2v) is 7.17. The molecule has 0 spiro atoms. The number of para-hydroxylation sites is 1. The van der Waals surface area contributed by atoms with Crippen LogP contribution in [0.15, 0.2) is 71.3 Å². The number of aromatic nitrogens is 1. The summed E-state index contributed by atoms with van der Waals surface area (Å²) >= 11 is 0. The van der Waals surface area contributed by atoms with Crippen molar-refractivity contribution in [3.05, 3.63) is 95.3 Å². The lowest BCUT2D eigenvalue weighted by Crippen LogP contribution is -2.46. The van der Waals surface area contributed by atoms with Gasteiger partial charge in [-0.05, 0) is 36.2 Å². The summed E-state index contributed by atoms with van der Waals surface area (Å²) in [5.41, 5.74) is 3.49. The van der Waals surface area contributed by atoms with Crippen LogP contribution in [0, 0.1) is 5.82 Å². The third-order valence-electron chi connectivity index (χ3n) is 5.49. The van der Waals surface area contributed by atoms with Gasteiger partial charge in [-0.3, -0.25) is 0 Å². The van der Waals surface area contributed by atoms with Gasteiger partial charge in [0.25, 0.3) is 0 Å². The molecule has 1 aliphatic heterocycles. The molecular weight excluding hydrogens is 369 g/mol. The van der Waals surface area contributed by atoms with Crippen molar-refractivity contribution < 1.29 is 13.6 Å². The third kappa shape index (κ3) is 3.06. The standard InChI is InChI=1S/C23H20FN3O2/c24-19-9-3-1-8-18(19)22-21-17(16-7-2-4-10-20(16)26-21)11-12-27(22)23(28)25-14-15-6-5-13-29-15/h1-10,13,22,26H,11-12,14H2,(H,25,28). The van der Waals surface area contributed by atoms with Crippen LogP contribution in [0.4, 0.5) is 9.18 Å². The van der Waals surface area contributed by atoms with Gasteiger partial charge in [0.05, 0.1) is 12.8 Å². The van der Waals surface area contributed by atoms with Crippen LogP contribution in [0.1, 0.15) is 28.6 Å². The number of aromatic amines is 1. The molecule has 4 aromatic rings. The van der Waals surface area contributed by atoms with E-state index in [1.165, 1.54) is 6.07 Å². The van der Waals surface area contributed by atoms with E-state index in [4.69, 9.17) is 4.42 Å². The van der Waals surface area contributed by atoms with Crippen molar-refractivity contribution in [2.24, 2.45) is 0 Å². The molecule has 2 aromatic carbocycles. The van der Waals surface area contributed by atoms with Crippen LogP contribution >= 0.6 is 0 Å². The van der Waals surface area contributed by atoms with E-state index >= 15 is 0 Å². The Bertz CT molecular complexity index is 1170. The zero-order chi connectivity index (χ0) is 19.8. The number of amides is 2. The summed E-state index contributed by atoms with van der Waals surface area (Å²) in [7, 11) is 0. The van der Waals surface area contributed by atoms with Crippen molar-refractivity contribution >= 4 is 16.9 Å². The van der Waals surface area contributed by atoms with Crippen LogP contribution < -0.4 is 5.32 Å². The Morgan fingerprint density at radius 3 is 2.79 bits per heavy atom. The van der Waals surface area contributed by atoms with Crippen LogP contribution in [0.5, 0.6) is 0 Å². The van der Waals surface area contributed by atoms with Crippen molar-refractivity contribution in [3.63, 3.8) is 0 Å². The number of hydrogen-bond acceptors (Lipinski definition) is 2. The molecule has 1 aliphatic rings. The average molecular weight is 389 g/mol. The number of fused-ring (bicyclic) bond motifs is 3. The van der Waals surface area contributed by atoms with E-state index in [9.17, 15) is 9.18 Å². The first kappa shape index (κ1) is 17.6. The molecule has 1 atom stereocenters. The molecule has 5 rings (SSSR count). The van der Waals surface area contributed by atoms with Crippen LogP contribution in [0.2, 0.25) is 0 Å². The fourth-order valence-corrected chi connectivity index (χ4v) is 4.16. The molecule has 2 amide bonds.